The zero-order chi connectivity index (χ0) is 26.3. The molecule has 5 aromatic rings. The average Bonchev–Trinajstić information content (AvgIpc) is 3.24. The largest absolute Gasteiger partial charge is 0.474 e. The molecule has 7 rings (SSSR count). The Morgan fingerprint density at radius 3 is 2.46 bits per heavy atom. The lowest BCUT2D eigenvalue weighted by atomic mass is 9.91. The van der Waals surface area contributed by atoms with E-state index in [1.54, 1.807) is 0 Å². The molecule has 2 aliphatic rings. The number of ether oxygens (including phenoxy) is 2. The average molecular weight is 631 g/mol. The van der Waals surface area contributed by atoms with Crippen LogP contribution in [0.15, 0.2) is 79.3 Å². The van der Waals surface area contributed by atoms with Crippen LogP contribution < -0.4 is 9.64 Å². The van der Waals surface area contributed by atoms with Crippen molar-refractivity contribution in [2.24, 2.45) is 7.05 Å². The van der Waals surface area contributed by atoms with E-state index in [-0.39, 0.29) is 6.10 Å². The van der Waals surface area contributed by atoms with Crippen LogP contribution in [0.2, 0.25) is 0 Å². The Labute approximate surface area is 242 Å². The number of halogens is 1. The summed E-state index contributed by atoms with van der Waals surface area (Å²) in [6.45, 7) is 2.11. The third-order valence-electron chi connectivity index (χ3n) is 8.22. The van der Waals surface area contributed by atoms with E-state index in [0.29, 0.717) is 18.1 Å². The first-order valence-corrected chi connectivity index (χ1v) is 14.8. The summed E-state index contributed by atoms with van der Waals surface area (Å²) in [5, 5.41) is 2.40. The molecule has 1 saturated carbocycles. The van der Waals surface area contributed by atoms with Crippen LogP contribution in [0.1, 0.15) is 25.7 Å². The Morgan fingerprint density at radius 1 is 0.821 bits per heavy atom. The standard InChI is InChI=1S/C32H31IN4O2/c1-36-30-9-12-34-20-29(30)28-7-5-21(15-31(28)36)22-6-8-32(35-19-22)39-27-17-26(18-27)38-25-10-13-37(14-11-25)24-4-2-3-23(33)16-24/h2-9,12,15-16,19-20,25-27H,10-11,13-14,17-18H2,1H3. The number of fused-ring (bicyclic) bond motifs is 3. The van der Waals surface area contributed by atoms with Gasteiger partial charge in [-0.25, -0.2) is 4.98 Å². The highest BCUT2D eigenvalue weighted by Crippen LogP contribution is 2.33. The summed E-state index contributed by atoms with van der Waals surface area (Å²) < 4.78 is 16.1. The molecule has 0 unspecified atom stereocenters. The van der Waals surface area contributed by atoms with Gasteiger partial charge in [-0.2, -0.15) is 0 Å². The fourth-order valence-corrected chi connectivity index (χ4v) is 6.47. The molecular formula is C32H31IN4O2. The van der Waals surface area contributed by atoms with Crippen LogP contribution in [0.5, 0.6) is 5.88 Å². The molecule has 0 spiro atoms. The Bertz CT molecular complexity index is 1620. The van der Waals surface area contributed by atoms with Crippen molar-refractivity contribution < 1.29 is 9.47 Å². The van der Waals surface area contributed by atoms with Gasteiger partial charge >= 0.3 is 0 Å². The molecule has 1 aliphatic heterocycles. The van der Waals surface area contributed by atoms with Gasteiger partial charge in [0.25, 0.3) is 0 Å². The topological polar surface area (TPSA) is 52.4 Å². The molecule has 0 atom stereocenters. The Kier molecular flexibility index (Phi) is 6.64. The van der Waals surface area contributed by atoms with Gasteiger partial charge in [0.2, 0.25) is 5.88 Å². The minimum absolute atomic E-state index is 0.181. The van der Waals surface area contributed by atoms with E-state index >= 15 is 0 Å². The van der Waals surface area contributed by atoms with Gasteiger partial charge in [0.1, 0.15) is 6.10 Å². The van der Waals surface area contributed by atoms with Gasteiger partial charge in [-0.05, 0) is 77.4 Å². The second kappa shape index (κ2) is 10.4. The summed E-state index contributed by atoms with van der Waals surface area (Å²) in [5.74, 6) is 0.685. The zero-order valence-corrected chi connectivity index (χ0v) is 24.1. The molecule has 39 heavy (non-hydrogen) atoms. The summed E-state index contributed by atoms with van der Waals surface area (Å²) in [7, 11) is 2.10. The lowest BCUT2D eigenvalue weighted by Crippen LogP contribution is -2.44. The Morgan fingerprint density at radius 2 is 1.67 bits per heavy atom. The van der Waals surface area contributed by atoms with Crippen molar-refractivity contribution in [3.05, 3.63) is 82.8 Å². The molecule has 0 amide bonds. The summed E-state index contributed by atoms with van der Waals surface area (Å²) >= 11 is 2.38. The van der Waals surface area contributed by atoms with Gasteiger partial charge in [-0.1, -0.05) is 18.2 Å². The number of aryl methyl sites for hydroxylation is 1. The molecule has 2 aromatic carbocycles. The smallest absolute Gasteiger partial charge is 0.213 e. The van der Waals surface area contributed by atoms with Crippen LogP contribution in [-0.4, -0.2) is 45.9 Å². The van der Waals surface area contributed by atoms with Gasteiger partial charge in [-0.15, -0.1) is 0 Å². The number of hydrogen-bond donors (Lipinski definition) is 0. The highest BCUT2D eigenvalue weighted by molar-refractivity contribution is 14.1. The van der Waals surface area contributed by atoms with Gasteiger partial charge in [-0.3, -0.25) is 4.98 Å². The maximum atomic E-state index is 6.41. The highest BCUT2D eigenvalue weighted by atomic mass is 127. The van der Waals surface area contributed by atoms with Crippen LogP contribution in [0.3, 0.4) is 0 Å². The lowest BCUT2D eigenvalue weighted by molar-refractivity contribution is -0.102. The highest BCUT2D eigenvalue weighted by Gasteiger charge is 2.34. The number of piperidine rings is 1. The summed E-state index contributed by atoms with van der Waals surface area (Å²) in [6, 6.07) is 21.5. The number of rotatable bonds is 6. The molecule has 0 radical (unpaired) electrons. The maximum Gasteiger partial charge on any atom is 0.213 e. The molecule has 1 aliphatic carbocycles. The number of aromatic nitrogens is 3. The molecule has 198 valence electrons. The number of hydrogen-bond acceptors (Lipinski definition) is 5. The van der Waals surface area contributed by atoms with Crippen molar-refractivity contribution in [1.82, 2.24) is 14.5 Å². The predicted molar refractivity (Wildman–Crippen MR) is 164 cm³/mol. The van der Waals surface area contributed by atoms with Gasteiger partial charge < -0.3 is 18.9 Å². The minimum atomic E-state index is 0.181. The van der Waals surface area contributed by atoms with Crippen LogP contribution in [0.4, 0.5) is 5.69 Å². The van der Waals surface area contributed by atoms with E-state index in [4.69, 9.17) is 9.47 Å². The number of pyridine rings is 2. The molecule has 2 fully saturated rings. The van der Waals surface area contributed by atoms with E-state index < -0.39 is 0 Å². The quantitative estimate of drug-likeness (QED) is 0.190. The molecule has 4 heterocycles. The van der Waals surface area contributed by atoms with Crippen molar-refractivity contribution in [2.45, 2.75) is 44.0 Å². The fourth-order valence-electron chi connectivity index (χ4n) is 5.94. The first kappa shape index (κ1) is 24.8. The van der Waals surface area contributed by atoms with Crippen molar-refractivity contribution in [3.8, 4) is 17.0 Å². The van der Waals surface area contributed by atoms with E-state index in [0.717, 1.165) is 49.9 Å². The van der Waals surface area contributed by atoms with Crippen LogP contribution in [0, 0.1) is 3.57 Å². The predicted octanol–water partition coefficient (Wildman–Crippen LogP) is 6.99. The SMILES string of the molecule is Cn1c2ccncc2c2ccc(-c3ccc(OC4CC(OC5CCN(c6cccc(I)c6)CC5)C4)nc3)cc21. The third kappa shape index (κ3) is 4.98. The van der Waals surface area contributed by atoms with Crippen molar-refractivity contribution in [2.75, 3.05) is 18.0 Å². The van der Waals surface area contributed by atoms with Crippen molar-refractivity contribution >= 4 is 50.1 Å². The molecule has 1 saturated heterocycles. The number of anilines is 1. The van der Waals surface area contributed by atoms with E-state index in [9.17, 15) is 0 Å². The molecule has 6 nitrogen and oxygen atoms in total. The number of benzene rings is 2. The molecule has 3 aromatic heterocycles. The Balaban J connectivity index is 0.918. The van der Waals surface area contributed by atoms with Gasteiger partial charge in [0, 0.05) is 88.7 Å². The molecule has 7 heteroatoms. The maximum absolute atomic E-state index is 6.41. The first-order valence-electron chi connectivity index (χ1n) is 13.7. The summed E-state index contributed by atoms with van der Waals surface area (Å²) in [6.07, 6.45) is 10.6. The first-order chi connectivity index (χ1) is 19.1. The lowest BCUT2D eigenvalue weighted by Gasteiger charge is -2.40. The van der Waals surface area contributed by atoms with Crippen LogP contribution >= 0.6 is 22.6 Å². The monoisotopic (exact) mass is 630 g/mol. The second-order valence-corrected chi connectivity index (χ2v) is 12.0. The van der Waals surface area contributed by atoms with E-state index in [2.05, 4.69) is 104 Å². The van der Waals surface area contributed by atoms with Crippen LogP contribution in [0.25, 0.3) is 32.9 Å². The molecular weight excluding hydrogens is 599 g/mol. The van der Waals surface area contributed by atoms with E-state index in [1.165, 1.54) is 31.1 Å². The minimum Gasteiger partial charge on any atom is -0.474 e. The molecule has 0 bridgehead atoms. The zero-order valence-electron chi connectivity index (χ0n) is 22.0. The van der Waals surface area contributed by atoms with Crippen molar-refractivity contribution in [1.29, 1.82) is 0 Å². The normalized spacial score (nSPS) is 19.9. The summed E-state index contributed by atoms with van der Waals surface area (Å²) in [5.41, 5.74) is 5.93. The second-order valence-electron chi connectivity index (χ2n) is 10.7. The Hall–Kier alpha value is -3.17. The number of nitrogens with zero attached hydrogens (tertiary/aromatic N) is 4. The van der Waals surface area contributed by atoms with Gasteiger partial charge in [0.15, 0.2) is 0 Å². The van der Waals surface area contributed by atoms with E-state index in [1.807, 2.05) is 24.7 Å². The summed E-state index contributed by atoms with van der Waals surface area (Å²) in [4.78, 5) is 11.4. The molecule has 0 N–H and O–H groups in total. The van der Waals surface area contributed by atoms with Crippen LogP contribution in [-0.2, 0) is 11.8 Å². The third-order valence-corrected chi connectivity index (χ3v) is 8.89. The van der Waals surface area contributed by atoms with Gasteiger partial charge in [0.05, 0.1) is 17.7 Å². The van der Waals surface area contributed by atoms with Crippen molar-refractivity contribution in [3.63, 3.8) is 0 Å². The fraction of sp³-hybridized carbons (Fsp3) is 0.312.